The maximum Gasteiger partial charge on any atom is 0.320 e. The second-order valence-electron chi connectivity index (χ2n) is 5.90. The van der Waals surface area contributed by atoms with Crippen molar-refractivity contribution in [3.8, 4) is 17.4 Å². The molecule has 3 heterocycles. The number of fused-ring (bicyclic) bond motifs is 1. The van der Waals surface area contributed by atoms with Crippen LogP contribution in [0.5, 0.6) is 6.01 Å². The van der Waals surface area contributed by atoms with Crippen molar-refractivity contribution >= 4 is 17.0 Å². The standard InChI is InChI=1S/C19H17FN6O/c1-2-27-19-24-16(21)15-18(25-19)26(11-12-6-4-3-5-7-12)17(23-15)13-8-14(20)10-22-9-13/h3-10H,2,11H2,1H3,(H2,21,24,25). The Kier molecular flexibility index (Phi) is 4.37. The molecule has 1 aromatic carbocycles. The van der Waals surface area contributed by atoms with Crippen molar-refractivity contribution in [1.82, 2.24) is 24.5 Å². The highest BCUT2D eigenvalue weighted by Gasteiger charge is 2.19. The van der Waals surface area contributed by atoms with E-state index in [9.17, 15) is 4.39 Å². The van der Waals surface area contributed by atoms with E-state index in [1.807, 2.05) is 41.8 Å². The first kappa shape index (κ1) is 16.9. The van der Waals surface area contributed by atoms with Crippen LogP contribution in [0.25, 0.3) is 22.6 Å². The molecule has 0 radical (unpaired) electrons. The Bertz CT molecular complexity index is 1100. The molecule has 0 fully saturated rings. The average Bonchev–Trinajstić information content (AvgIpc) is 3.02. The van der Waals surface area contributed by atoms with Crippen molar-refractivity contribution < 1.29 is 9.13 Å². The average molecular weight is 364 g/mol. The van der Waals surface area contributed by atoms with E-state index in [-0.39, 0.29) is 11.8 Å². The topological polar surface area (TPSA) is 91.7 Å². The highest BCUT2D eigenvalue weighted by molar-refractivity contribution is 5.85. The summed E-state index contributed by atoms with van der Waals surface area (Å²) in [7, 11) is 0. The third kappa shape index (κ3) is 3.29. The van der Waals surface area contributed by atoms with Gasteiger partial charge in [-0.15, -0.1) is 0 Å². The molecule has 2 N–H and O–H groups in total. The van der Waals surface area contributed by atoms with E-state index in [0.717, 1.165) is 11.8 Å². The van der Waals surface area contributed by atoms with Gasteiger partial charge in [-0.25, -0.2) is 9.37 Å². The summed E-state index contributed by atoms with van der Waals surface area (Å²) >= 11 is 0. The van der Waals surface area contributed by atoms with Crippen molar-refractivity contribution in [3.05, 3.63) is 60.2 Å². The van der Waals surface area contributed by atoms with Crippen LogP contribution in [0.2, 0.25) is 0 Å². The van der Waals surface area contributed by atoms with Gasteiger partial charge in [0.05, 0.1) is 19.3 Å². The number of hydrogen-bond donors (Lipinski definition) is 1. The Labute approximate surface area is 154 Å². The van der Waals surface area contributed by atoms with E-state index in [1.165, 1.54) is 6.07 Å². The van der Waals surface area contributed by atoms with E-state index < -0.39 is 5.82 Å². The maximum absolute atomic E-state index is 13.7. The van der Waals surface area contributed by atoms with E-state index in [1.54, 1.807) is 6.20 Å². The zero-order chi connectivity index (χ0) is 18.8. The zero-order valence-corrected chi connectivity index (χ0v) is 14.6. The van der Waals surface area contributed by atoms with Crippen LogP contribution >= 0.6 is 0 Å². The van der Waals surface area contributed by atoms with E-state index >= 15 is 0 Å². The molecule has 27 heavy (non-hydrogen) atoms. The quantitative estimate of drug-likeness (QED) is 0.585. The van der Waals surface area contributed by atoms with Gasteiger partial charge in [0.25, 0.3) is 0 Å². The molecule has 0 aliphatic heterocycles. The van der Waals surface area contributed by atoms with E-state index in [4.69, 9.17) is 10.5 Å². The predicted octanol–water partition coefficient (Wildman–Crippen LogP) is 3.06. The Morgan fingerprint density at radius 3 is 2.67 bits per heavy atom. The smallest absolute Gasteiger partial charge is 0.320 e. The summed E-state index contributed by atoms with van der Waals surface area (Å²) in [5, 5.41) is 0. The minimum absolute atomic E-state index is 0.181. The van der Waals surface area contributed by atoms with Crippen LogP contribution in [0.4, 0.5) is 10.2 Å². The highest BCUT2D eigenvalue weighted by atomic mass is 19.1. The zero-order valence-electron chi connectivity index (χ0n) is 14.6. The molecule has 0 saturated carbocycles. The van der Waals surface area contributed by atoms with Crippen molar-refractivity contribution in [2.75, 3.05) is 12.3 Å². The second-order valence-corrected chi connectivity index (χ2v) is 5.90. The van der Waals surface area contributed by atoms with Crippen molar-refractivity contribution in [3.63, 3.8) is 0 Å². The first-order valence-corrected chi connectivity index (χ1v) is 8.47. The minimum atomic E-state index is -0.445. The molecule has 4 rings (SSSR count). The van der Waals surface area contributed by atoms with Gasteiger partial charge in [-0.3, -0.25) is 4.98 Å². The maximum atomic E-state index is 13.7. The Morgan fingerprint density at radius 1 is 1.11 bits per heavy atom. The molecule has 0 atom stereocenters. The molecule has 8 heteroatoms. The molecule has 4 aromatic rings. The Hall–Kier alpha value is -3.55. The number of rotatable bonds is 5. The number of benzene rings is 1. The second kappa shape index (κ2) is 6.99. The molecule has 0 saturated heterocycles. The number of halogens is 1. The van der Waals surface area contributed by atoms with Crippen molar-refractivity contribution in [2.45, 2.75) is 13.5 Å². The summed E-state index contributed by atoms with van der Waals surface area (Å²) < 4.78 is 21.0. The molecule has 0 aliphatic rings. The molecule has 0 amide bonds. The van der Waals surface area contributed by atoms with Gasteiger partial charge in [-0.2, -0.15) is 9.97 Å². The number of nitrogen functional groups attached to an aromatic ring is 1. The van der Waals surface area contributed by atoms with Gasteiger partial charge in [0.2, 0.25) is 0 Å². The van der Waals surface area contributed by atoms with Gasteiger partial charge < -0.3 is 15.0 Å². The van der Waals surface area contributed by atoms with Crippen LogP contribution in [0.15, 0.2) is 48.8 Å². The number of imidazole rings is 1. The van der Waals surface area contributed by atoms with Gasteiger partial charge in [-0.05, 0) is 18.6 Å². The Balaban J connectivity index is 1.95. The molecule has 7 nitrogen and oxygen atoms in total. The number of aromatic nitrogens is 5. The molecule has 0 bridgehead atoms. The number of hydrogen-bond acceptors (Lipinski definition) is 6. The molecular formula is C19H17FN6O. The van der Waals surface area contributed by atoms with E-state index in [0.29, 0.717) is 35.7 Å². The van der Waals surface area contributed by atoms with Crippen LogP contribution in [0.1, 0.15) is 12.5 Å². The van der Waals surface area contributed by atoms with E-state index in [2.05, 4.69) is 19.9 Å². The third-order valence-corrected chi connectivity index (χ3v) is 4.02. The monoisotopic (exact) mass is 364 g/mol. The van der Waals surface area contributed by atoms with Crippen molar-refractivity contribution in [2.24, 2.45) is 0 Å². The molecule has 0 unspecified atom stereocenters. The highest BCUT2D eigenvalue weighted by Crippen LogP contribution is 2.28. The van der Waals surface area contributed by atoms with Crippen molar-refractivity contribution in [1.29, 1.82) is 0 Å². The first-order valence-electron chi connectivity index (χ1n) is 8.47. The number of pyridine rings is 1. The molecule has 0 spiro atoms. The third-order valence-electron chi connectivity index (χ3n) is 4.02. The molecule has 3 aromatic heterocycles. The predicted molar refractivity (Wildman–Crippen MR) is 99.6 cm³/mol. The van der Waals surface area contributed by atoms with Crippen LogP contribution in [-0.2, 0) is 6.54 Å². The molecular weight excluding hydrogens is 347 g/mol. The fourth-order valence-electron chi connectivity index (χ4n) is 2.87. The summed E-state index contributed by atoms with van der Waals surface area (Å²) in [6.45, 7) is 2.73. The summed E-state index contributed by atoms with van der Waals surface area (Å²) in [6.07, 6.45) is 2.70. The molecule has 136 valence electrons. The van der Waals surface area contributed by atoms with Gasteiger partial charge in [0.1, 0.15) is 11.6 Å². The number of nitrogens with two attached hydrogens (primary N) is 1. The summed E-state index contributed by atoms with van der Waals surface area (Å²) in [4.78, 5) is 17.1. The van der Waals surface area contributed by atoms with Crippen LogP contribution in [0.3, 0.4) is 0 Å². The van der Waals surface area contributed by atoms with Gasteiger partial charge >= 0.3 is 6.01 Å². The lowest BCUT2D eigenvalue weighted by atomic mass is 10.2. The first-order chi connectivity index (χ1) is 13.2. The van der Waals surface area contributed by atoms with Gasteiger partial charge in [-0.1, -0.05) is 30.3 Å². The SMILES string of the molecule is CCOc1nc(N)c2nc(-c3cncc(F)c3)n(Cc3ccccc3)c2n1. The van der Waals surface area contributed by atoms with Crippen LogP contribution in [0, 0.1) is 5.82 Å². The summed E-state index contributed by atoms with van der Waals surface area (Å²) in [5.41, 5.74) is 8.60. The fraction of sp³-hybridized carbons (Fsp3) is 0.158. The number of nitrogens with zero attached hydrogens (tertiary/aromatic N) is 5. The number of ether oxygens (including phenoxy) is 1. The minimum Gasteiger partial charge on any atom is -0.464 e. The van der Waals surface area contributed by atoms with Gasteiger partial charge in [0, 0.05) is 11.8 Å². The lowest BCUT2D eigenvalue weighted by Gasteiger charge is -2.09. The van der Waals surface area contributed by atoms with Crippen LogP contribution < -0.4 is 10.5 Å². The lowest BCUT2D eigenvalue weighted by Crippen LogP contribution is -2.06. The summed E-state index contributed by atoms with van der Waals surface area (Å²) in [6, 6.07) is 11.4. The largest absolute Gasteiger partial charge is 0.464 e. The summed E-state index contributed by atoms with van der Waals surface area (Å²) in [5.74, 6) is 0.274. The molecule has 0 aliphatic carbocycles. The van der Waals surface area contributed by atoms with Gasteiger partial charge in [0.15, 0.2) is 17.0 Å². The lowest BCUT2D eigenvalue weighted by molar-refractivity contribution is 0.314. The Morgan fingerprint density at radius 2 is 1.93 bits per heavy atom. The fourth-order valence-corrected chi connectivity index (χ4v) is 2.87. The van der Waals surface area contributed by atoms with Crippen LogP contribution in [-0.4, -0.2) is 31.1 Å². The number of anilines is 1. The normalized spacial score (nSPS) is 11.0.